The molecule has 1 amide bonds. The minimum Gasteiger partial charge on any atom is -0.299 e. The van der Waals surface area contributed by atoms with Crippen LogP contribution in [0.4, 0.5) is 0 Å². The molecule has 2 aromatic carbocycles. The monoisotopic (exact) mass is 393 g/mol. The molecule has 4 rings (SSSR count). The Kier molecular flexibility index (Phi) is 5.81. The van der Waals surface area contributed by atoms with E-state index < -0.39 is 5.91 Å². The third-order valence-electron chi connectivity index (χ3n) is 5.18. The van der Waals surface area contributed by atoms with Crippen LogP contribution >= 0.6 is 11.3 Å². The molecule has 0 bridgehead atoms. The molecule has 3 aromatic rings. The summed E-state index contributed by atoms with van der Waals surface area (Å²) in [4.78, 5) is 19.9. The molecule has 2 heterocycles. The normalized spacial score (nSPS) is 15.5. The lowest BCUT2D eigenvalue weighted by Crippen LogP contribution is -2.32. The van der Waals surface area contributed by atoms with Gasteiger partial charge < -0.3 is 0 Å². The van der Waals surface area contributed by atoms with Crippen molar-refractivity contribution in [3.63, 3.8) is 0 Å². The Bertz CT molecular complexity index is 919. The van der Waals surface area contributed by atoms with E-state index in [0.717, 1.165) is 43.0 Å². The number of amides is 1. The number of benzene rings is 2. The molecule has 6 heteroatoms. The van der Waals surface area contributed by atoms with Gasteiger partial charge in [-0.05, 0) is 31.5 Å². The number of carbonyl (C=O) groups excluding carboxylic acids is 1. The van der Waals surface area contributed by atoms with Crippen molar-refractivity contribution in [1.29, 1.82) is 0 Å². The Labute approximate surface area is 168 Å². The summed E-state index contributed by atoms with van der Waals surface area (Å²) in [5.41, 5.74) is 4.65. The summed E-state index contributed by atoms with van der Waals surface area (Å²) in [7, 11) is 0. The van der Waals surface area contributed by atoms with Gasteiger partial charge in [0.1, 0.15) is 4.88 Å². The van der Waals surface area contributed by atoms with Gasteiger partial charge in [0.05, 0.1) is 10.7 Å². The zero-order valence-corrected chi connectivity index (χ0v) is 16.4. The molecule has 0 spiro atoms. The first-order chi connectivity index (χ1) is 13.7. The van der Waals surface area contributed by atoms with Gasteiger partial charge in [-0.1, -0.05) is 60.7 Å². The fourth-order valence-electron chi connectivity index (χ4n) is 3.69. The summed E-state index contributed by atoms with van der Waals surface area (Å²) in [5, 5.41) is 10.1. The van der Waals surface area contributed by atoms with Crippen molar-refractivity contribution in [2.45, 2.75) is 25.3 Å². The highest BCUT2D eigenvalue weighted by Gasteiger charge is 2.27. The van der Waals surface area contributed by atoms with Crippen molar-refractivity contribution in [2.75, 3.05) is 13.1 Å². The van der Waals surface area contributed by atoms with E-state index in [-0.39, 0.29) is 0 Å². The van der Waals surface area contributed by atoms with Gasteiger partial charge in [-0.2, -0.15) is 0 Å². The van der Waals surface area contributed by atoms with Gasteiger partial charge >= 0.3 is 0 Å². The molecule has 5 nitrogen and oxygen atoms in total. The van der Waals surface area contributed by atoms with Gasteiger partial charge in [-0.15, -0.1) is 11.3 Å². The second-order valence-electron chi connectivity index (χ2n) is 7.07. The first-order valence-electron chi connectivity index (χ1n) is 9.51. The van der Waals surface area contributed by atoms with Gasteiger partial charge in [0, 0.05) is 18.0 Å². The summed E-state index contributed by atoms with van der Waals surface area (Å²) in [6.07, 6.45) is 2.05. The van der Waals surface area contributed by atoms with Crippen molar-refractivity contribution in [1.82, 2.24) is 15.4 Å². The SMILES string of the molecule is O=C(NO)c1sc(C2CCN(Cc3ccccc3)CC2)nc1-c1ccccc1. The lowest BCUT2D eigenvalue weighted by atomic mass is 9.97. The summed E-state index contributed by atoms with van der Waals surface area (Å²) in [6.45, 7) is 3.00. The molecule has 28 heavy (non-hydrogen) atoms. The van der Waals surface area contributed by atoms with E-state index in [1.807, 2.05) is 36.4 Å². The molecule has 0 atom stereocenters. The number of hydrogen-bond acceptors (Lipinski definition) is 5. The predicted molar refractivity (Wildman–Crippen MR) is 110 cm³/mol. The van der Waals surface area contributed by atoms with Gasteiger partial charge in [0.2, 0.25) is 0 Å². The smallest absolute Gasteiger partial charge is 0.287 e. The number of rotatable bonds is 5. The lowest BCUT2D eigenvalue weighted by Gasteiger charge is -2.31. The number of nitrogens with zero attached hydrogens (tertiary/aromatic N) is 2. The number of piperidine rings is 1. The Morgan fingerprint density at radius 2 is 1.71 bits per heavy atom. The third kappa shape index (κ3) is 4.14. The minimum absolute atomic E-state index is 0.347. The number of carbonyl (C=O) groups is 1. The van der Waals surface area contributed by atoms with Crippen molar-refractivity contribution in [2.24, 2.45) is 0 Å². The minimum atomic E-state index is -0.496. The van der Waals surface area contributed by atoms with Crippen molar-refractivity contribution >= 4 is 17.2 Å². The number of likely N-dealkylation sites (tertiary alicyclic amines) is 1. The van der Waals surface area contributed by atoms with Crippen LogP contribution in [0.15, 0.2) is 60.7 Å². The zero-order valence-electron chi connectivity index (χ0n) is 15.5. The van der Waals surface area contributed by atoms with Gasteiger partial charge in [-0.3, -0.25) is 14.9 Å². The molecule has 144 valence electrons. The number of aromatic nitrogens is 1. The van der Waals surface area contributed by atoms with Crippen LogP contribution in [0.3, 0.4) is 0 Å². The maximum Gasteiger partial charge on any atom is 0.287 e. The molecule has 1 aliphatic heterocycles. The van der Waals surface area contributed by atoms with Crippen LogP contribution in [0.5, 0.6) is 0 Å². The highest BCUT2D eigenvalue weighted by Crippen LogP contribution is 2.36. The van der Waals surface area contributed by atoms with Crippen LogP contribution in [0.25, 0.3) is 11.3 Å². The fraction of sp³-hybridized carbons (Fsp3) is 0.273. The maximum absolute atomic E-state index is 12.2. The molecule has 1 aliphatic rings. The van der Waals surface area contributed by atoms with Crippen molar-refractivity contribution in [3.05, 3.63) is 76.1 Å². The quantitative estimate of drug-likeness (QED) is 0.501. The molecular formula is C22H23N3O2S. The van der Waals surface area contributed by atoms with E-state index in [0.29, 0.717) is 16.5 Å². The van der Waals surface area contributed by atoms with Gasteiger partial charge in [-0.25, -0.2) is 10.5 Å². The largest absolute Gasteiger partial charge is 0.299 e. The van der Waals surface area contributed by atoms with E-state index in [1.165, 1.54) is 16.9 Å². The summed E-state index contributed by atoms with van der Waals surface area (Å²) < 4.78 is 0. The fourth-order valence-corrected chi connectivity index (χ4v) is 4.83. The predicted octanol–water partition coefficient (Wildman–Crippen LogP) is 4.31. The second kappa shape index (κ2) is 8.65. The molecule has 1 aromatic heterocycles. The Hall–Kier alpha value is -2.54. The Morgan fingerprint density at radius 1 is 1.07 bits per heavy atom. The maximum atomic E-state index is 12.2. The number of thiazole rings is 1. The van der Waals surface area contributed by atoms with Gasteiger partial charge in [0.15, 0.2) is 0 Å². The van der Waals surface area contributed by atoms with E-state index in [4.69, 9.17) is 10.2 Å². The first-order valence-corrected chi connectivity index (χ1v) is 10.3. The second-order valence-corrected chi connectivity index (χ2v) is 8.10. The summed E-state index contributed by atoms with van der Waals surface area (Å²) in [6, 6.07) is 20.2. The number of nitrogens with one attached hydrogen (secondary N) is 1. The van der Waals surface area contributed by atoms with Crippen molar-refractivity contribution in [3.8, 4) is 11.3 Å². The van der Waals surface area contributed by atoms with E-state index in [1.54, 1.807) is 5.48 Å². The molecule has 0 unspecified atom stereocenters. The molecule has 0 aliphatic carbocycles. The number of hydroxylamine groups is 1. The Morgan fingerprint density at radius 3 is 2.36 bits per heavy atom. The zero-order chi connectivity index (χ0) is 19.3. The highest BCUT2D eigenvalue weighted by atomic mass is 32.1. The number of hydrogen-bond donors (Lipinski definition) is 2. The van der Waals surface area contributed by atoms with Crippen LogP contribution in [-0.2, 0) is 6.54 Å². The van der Waals surface area contributed by atoms with E-state index in [2.05, 4.69) is 29.2 Å². The van der Waals surface area contributed by atoms with Crippen LogP contribution in [0.2, 0.25) is 0 Å². The average Bonchev–Trinajstić information content (AvgIpc) is 3.21. The van der Waals surface area contributed by atoms with Crippen molar-refractivity contribution < 1.29 is 10.0 Å². The molecule has 0 saturated carbocycles. The highest BCUT2D eigenvalue weighted by molar-refractivity contribution is 7.14. The average molecular weight is 394 g/mol. The van der Waals surface area contributed by atoms with Crippen LogP contribution in [0.1, 0.15) is 39.0 Å². The molecule has 1 saturated heterocycles. The molecule has 0 radical (unpaired) electrons. The standard InChI is InChI=1S/C22H23N3O2S/c26-21(24-27)20-19(17-9-5-2-6-10-17)23-22(28-20)18-11-13-25(14-12-18)15-16-7-3-1-4-8-16/h1-10,18,27H,11-15H2,(H,24,26). The molecule has 2 N–H and O–H groups in total. The van der Waals surface area contributed by atoms with Crippen LogP contribution in [0, 0.1) is 0 Å². The summed E-state index contributed by atoms with van der Waals surface area (Å²) >= 11 is 1.40. The molecular weight excluding hydrogens is 370 g/mol. The molecule has 1 fully saturated rings. The van der Waals surface area contributed by atoms with Gasteiger partial charge in [0.25, 0.3) is 5.91 Å². The lowest BCUT2D eigenvalue weighted by molar-refractivity contribution is 0.0711. The third-order valence-corrected chi connectivity index (χ3v) is 6.40. The Balaban J connectivity index is 1.49. The van der Waals surface area contributed by atoms with E-state index in [9.17, 15) is 4.79 Å². The van der Waals surface area contributed by atoms with Crippen LogP contribution < -0.4 is 5.48 Å². The summed E-state index contributed by atoms with van der Waals surface area (Å²) in [5.74, 6) is -0.149. The van der Waals surface area contributed by atoms with E-state index >= 15 is 0 Å². The first kappa shape index (κ1) is 18.8. The topological polar surface area (TPSA) is 65.5 Å². The van der Waals surface area contributed by atoms with Crippen LogP contribution in [-0.4, -0.2) is 34.1 Å².